The number of ether oxygens (including phenoxy) is 1. The van der Waals surface area contributed by atoms with Crippen molar-refractivity contribution in [2.75, 3.05) is 11.8 Å². The topological polar surface area (TPSA) is 94.4 Å². The van der Waals surface area contributed by atoms with Crippen molar-refractivity contribution in [1.29, 1.82) is 0 Å². The third-order valence-electron chi connectivity index (χ3n) is 3.02. The average Bonchev–Trinajstić information content (AvgIpc) is 2.97. The van der Waals surface area contributed by atoms with Crippen molar-refractivity contribution >= 4 is 43.4 Å². The van der Waals surface area contributed by atoms with E-state index in [9.17, 15) is 14.3 Å². The number of hydrogen-bond acceptors (Lipinski definition) is 6. The quantitative estimate of drug-likeness (QED) is 0.563. The van der Waals surface area contributed by atoms with Crippen molar-refractivity contribution in [3.63, 3.8) is 0 Å². The molecule has 0 radical (unpaired) electrons. The molecule has 0 saturated carbocycles. The Morgan fingerprint density at radius 2 is 2.09 bits per heavy atom. The summed E-state index contributed by atoms with van der Waals surface area (Å²) in [7, 11) is -0.0858. The van der Waals surface area contributed by atoms with Gasteiger partial charge in [-0.05, 0) is 18.2 Å². The van der Waals surface area contributed by atoms with E-state index in [0.717, 1.165) is 4.70 Å². The Kier molecular flexibility index (Phi) is 4.22. The first-order valence-electron chi connectivity index (χ1n) is 6.45. The molecule has 9 heteroatoms. The van der Waals surface area contributed by atoms with Crippen molar-refractivity contribution in [2.24, 2.45) is 0 Å². The fraction of sp³-hybridized carbons (Fsp3) is 0.0714. The van der Waals surface area contributed by atoms with E-state index in [2.05, 4.69) is 9.71 Å². The van der Waals surface area contributed by atoms with Crippen LogP contribution in [0.3, 0.4) is 0 Å². The van der Waals surface area contributed by atoms with Gasteiger partial charge in [-0.3, -0.25) is 14.8 Å². The first-order chi connectivity index (χ1) is 11.1. The largest absolute Gasteiger partial charge is 0.494 e. The lowest BCUT2D eigenvalue weighted by molar-refractivity contribution is -0.385. The molecule has 0 aliphatic rings. The summed E-state index contributed by atoms with van der Waals surface area (Å²) in [5, 5.41) is 11.2. The molecular weight excluding hydrogens is 338 g/mol. The van der Waals surface area contributed by atoms with Crippen LogP contribution in [0, 0.1) is 10.1 Å². The minimum absolute atomic E-state index is 0.108. The Hall–Kier alpha value is -2.52. The molecular formula is C14H11N3O4S2. The summed E-state index contributed by atoms with van der Waals surface area (Å²) >= 11 is 1.33. The molecule has 0 aliphatic heterocycles. The van der Waals surface area contributed by atoms with Gasteiger partial charge in [0.25, 0.3) is 5.69 Å². The van der Waals surface area contributed by atoms with Gasteiger partial charge < -0.3 is 4.74 Å². The van der Waals surface area contributed by atoms with Gasteiger partial charge in [0.05, 0.1) is 21.6 Å². The van der Waals surface area contributed by atoms with Gasteiger partial charge in [0.15, 0.2) is 16.1 Å². The van der Waals surface area contributed by atoms with Gasteiger partial charge in [0.2, 0.25) is 0 Å². The Balaban J connectivity index is 1.88. The number of benzene rings is 2. The molecule has 0 fully saturated rings. The summed E-state index contributed by atoms with van der Waals surface area (Å²) in [5.74, 6) is 0.632. The number of hydrogen-bond donors (Lipinski definition) is 1. The van der Waals surface area contributed by atoms with Gasteiger partial charge in [-0.2, -0.15) is 0 Å². The molecule has 0 bridgehead atoms. The molecule has 23 heavy (non-hydrogen) atoms. The van der Waals surface area contributed by atoms with Crippen LogP contribution in [0.5, 0.6) is 5.75 Å². The van der Waals surface area contributed by atoms with Gasteiger partial charge >= 0.3 is 0 Å². The van der Waals surface area contributed by atoms with Gasteiger partial charge in [-0.15, -0.1) is 0 Å². The molecule has 1 heterocycles. The lowest BCUT2D eigenvalue weighted by atomic mass is 10.3. The number of anilines is 1. The number of nitrogens with zero attached hydrogens (tertiary/aromatic N) is 2. The molecule has 1 unspecified atom stereocenters. The highest BCUT2D eigenvalue weighted by molar-refractivity contribution is 7.86. The highest BCUT2D eigenvalue weighted by Gasteiger charge is 2.13. The third-order valence-corrected chi connectivity index (χ3v) is 5.15. The number of para-hydroxylation sites is 1. The highest BCUT2D eigenvalue weighted by Crippen LogP contribution is 2.32. The maximum atomic E-state index is 12.3. The minimum atomic E-state index is -1.64. The molecule has 0 aliphatic carbocycles. The van der Waals surface area contributed by atoms with Crippen LogP contribution in [0.4, 0.5) is 10.8 Å². The van der Waals surface area contributed by atoms with E-state index in [0.29, 0.717) is 21.3 Å². The molecule has 0 saturated heterocycles. The second kappa shape index (κ2) is 6.31. The predicted octanol–water partition coefficient (Wildman–Crippen LogP) is 3.35. The summed E-state index contributed by atoms with van der Waals surface area (Å²) in [6.07, 6.45) is 0. The van der Waals surface area contributed by atoms with Crippen molar-refractivity contribution in [3.8, 4) is 5.75 Å². The maximum Gasteiger partial charge on any atom is 0.270 e. The third kappa shape index (κ3) is 3.15. The van der Waals surface area contributed by atoms with E-state index < -0.39 is 15.9 Å². The Morgan fingerprint density at radius 1 is 1.30 bits per heavy atom. The Bertz CT molecular complexity index is 910. The summed E-state index contributed by atoms with van der Waals surface area (Å²) in [5.41, 5.74) is 0.571. The molecule has 1 N–H and O–H groups in total. The number of nitro groups is 1. The highest BCUT2D eigenvalue weighted by atomic mass is 32.2. The lowest BCUT2D eigenvalue weighted by Gasteiger charge is -2.02. The minimum Gasteiger partial charge on any atom is -0.494 e. The number of thiazole rings is 1. The maximum absolute atomic E-state index is 12.3. The number of nitrogens with one attached hydrogen (secondary N) is 1. The molecule has 2 aromatic carbocycles. The average molecular weight is 349 g/mol. The Morgan fingerprint density at radius 3 is 2.83 bits per heavy atom. The second-order valence-electron chi connectivity index (χ2n) is 4.45. The van der Waals surface area contributed by atoms with Gasteiger partial charge in [0, 0.05) is 12.1 Å². The van der Waals surface area contributed by atoms with Crippen molar-refractivity contribution in [3.05, 3.63) is 52.6 Å². The molecule has 7 nitrogen and oxygen atoms in total. The van der Waals surface area contributed by atoms with Crippen LogP contribution in [-0.2, 0) is 11.0 Å². The van der Waals surface area contributed by atoms with E-state index in [-0.39, 0.29) is 5.69 Å². The number of nitro benzene ring substituents is 1. The first-order valence-corrected chi connectivity index (χ1v) is 8.41. The number of non-ortho nitro benzene ring substituents is 1. The molecule has 118 valence electrons. The number of methoxy groups -OCH3 is 1. The van der Waals surface area contributed by atoms with Crippen LogP contribution >= 0.6 is 11.3 Å². The van der Waals surface area contributed by atoms with Gasteiger partial charge in [-0.25, -0.2) is 9.19 Å². The normalized spacial score (nSPS) is 12.0. The second-order valence-corrected chi connectivity index (χ2v) is 6.69. The van der Waals surface area contributed by atoms with E-state index in [4.69, 9.17) is 4.74 Å². The van der Waals surface area contributed by atoms with E-state index in [1.165, 1.54) is 29.5 Å². The first kappa shape index (κ1) is 15.4. The van der Waals surface area contributed by atoms with Crippen LogP contribution in [0.1, 0.15) is 0 Å². The standard InChI is InChI=1S/C14H11N3O4S2/c1-21-11-6-3-7-12-13(11)15-14(22-12)16-23(20)10-5-2-4-9(8-10)17(18)19/h2-8H,1H3,(H,15,16). The molecule has 1 atom stereocenters. The van der Waals surface area contributed by atoms with E-state index in [1.54, 1.807) is 19.2 Å². The van der Waals surface area contributed by atoms with Crippen LogP contribution < -0.4 is 9.46 Å². The molecule has 0 spiro atoms. The summed E-state index contributed by atoms with van der Waals surface area (Å²) in [4.78, 5) is 14.9. The SMILES string of the molecule is COc1cccc2sc(NS(=O)c3cccc([N+](=O)[O-])c3)nc12. The summed E-state index contributed by atoms with van der Waals surface area (Å²) < 4.78 is 21.2. The van der Waals surface area contributed by atoms with E-state index >= 15 is 0 Å². The van der Waals surface area contributed by atoms with Gasteiger partial charge in [0.1, 0.15) is 11.3 Å². The summed E-state index contributed by atoms with van der Waals surface area (Å²) in [6, 6.07) is 11.2. The predicted molar refractivity (Wildman–Crippen MR) is 89.3 cm³/mol. The van der Waals surface area contributed by atoms with Crippen LogP contribution in [0.2, 0.25) is 0 Å². The number of fused-ring (bicyclic) bond motifs is 1. The number of rotatable bonds is 5. The van der Waals surface area contributed by atoms with E-state index in [1.807, 2.05) is 12.1 Å². The fourth-order valence-electron chi connectivity index (χ4n) is 1.98. The van der Waals surface area contributed by atoms with Crippen molar-refractivity contribution in [1.82, 2.24) is 4.98 Å². The zero-order valence-electron chi connectivity index (χ0n) is 11.9. The molecule has 3 rings (SSSR count). The smallest absolute Gasteiger partial charge is 0.270 e. The van der Waals surface area contributed by atoms with Crippen LogP contribution in [0.25, 0.3) is 10.2 Å². The lowest BCUT2D eigenvalue weighted by Crippen LogP contribution is -2.04. The zero-order chi connectivity index (χ0) is 16.4. The molecule has 1 aromatic heterocycles. The zero-order valence-corrected chi connectivity index (χ0v) is 13.5. The summed E-state index contributed by atoms with van der Waals surface area (Å²) in [6.45, 7) is 0. The van der Waals surface area contributed by atoms with Crippen LogP contribution in [0.15, 0.2) is 47.4 Å². The fourth-order valence-corrected chi connectivity index (χ4v) is 3.86. The van der Waals surface area contributed by atoms with Gasteiger partial charge in [-0.1, -0.05) is 23.5 Å². The van der Waals surface area contributed by atoms with Crippen molar-refractivity contribution < 1.29 is 13.9 Å². The number of aromatic nitrogens is 1. The monoisotopic (exact) mass is 349 g/mol. The molecule has 0 amide bonds. The Labute approximate surface area is 137 Å². The van der Waals surface area contributed by atoms with Crippen molar-refractivity contribution in [2.45, 2.75) is 4.90 Å². The molecule has 3 aromatic rings. The van der Waals surface area contributed by atoms with Crippen LogP contribution in [-0.4, -0.2) is 21.2 Å².